The maximum Gasteiger partial charge on any atom is 0.269 e. The van der Waals surface area contributed by atoms with Crippen LogP contribution in [-0.2, 0) is 6.54 Å². The summed E-state index contributed by atoms with van der Waals surface area (Å²) in [6, 6.07) is 3.60. The predicted octanol–water partition coefficient (Wildman–Crippen LogP) is 1.25. The van der Waals surface area contributed by atoms with Crippen LogP contribution in [0.3, 0.4) is 0 Å². The molecule has 2 aromatic rings. The molecule has 0 aliphatic carbocycles. The van der Waals surface area contributed by atoms with Gasteiger partial charge in [-0.1, -0.05) is 0 Å². The number of hydrogen-bond donors (Lipinski definition) is 1. The Labute approximate surface area is 147 Å². The third-order valence-corrected chi connectivity index (χ3v) is 3.79. The summed E-state index contributed by atoms with van der Waals surface area (Å²) in [7, 11) is 0. The first kappa shape index (κ1) is 19.4. The molecule has 1 saturated heterocycles. The molecule has 0 spiro atoms. The smallest absolute Gasteiger partial charge is 0.269 e. The van der Waals surface area contributed by atoms with E-state index in [1.54, 1.807) is 24.7 Å². The van der Waals surface area contributed by atoms with Gasteiger partial charge in [-0.05, 0) is 24.1 Å². The number of hydrogen-bond acceptors (Lipinski definition) is 5. The largest absolute Gasteiger partial charge is 0.368 e. The van der Waals surface area contributed by atoms with Gasteiger partial charge in [0.15, 0.2) is 0 Å². The zero-order valence-corrected chi connectivity index (χ0v) is 14.6. The Kier molecular flexibility index (Phi) is 7.48. The minimum Gasteiger partial charge on any atom is -0.368 e. The number of nitrogens with zero attached hydrogens (tertiary/aromatic N) is 4. The lowest BCUT2D eigenvalue weighted by Crippen LogP contribution is -2.44. The molecule has 0 unspecified atom stereocenters. The molecule has 1 fully saturated rings. The SMILES string of the molecule is Cc1cnccc1Cn1ncc(N2CCNCC2)cc1=O.Cl.Cl. The van der Waals surface area contributed by atoms with Gasteiger partial charge in [-0.15, -0.1) is 24.8 Å². The van der Waals surface area contributed by atoms with E-state index < -0.39 is 0 Å². The number of nitrogens with one attached hydrogen (secondary N) is 1. The van der Waals surface area contributed by atoms with Crippen molar-refractivity contribution in [3.05, 3.63) is 52.2 Å². The van der Waals surface area contributed by atoms with Crippen LogP contribution < -0.4 is 15.8 Å². The molecule has 0 saturated carbocycles. The highest BCUT2D eigenvalue weighted by Crippen LogP contribution is 2.11. The first-order valence-corrected chi connectivity index (χ1v) is 7.16. The molecule has 3 rings (SSSR count). The van der Waals surface area contributed by atoms with E-state index in [1.807, 2.05) is 13.0 Å². The summed E-state index contributed by atoms with van der Waals surface area (Å²) >= 11 is 0. The minimum absolute atomic E-state index is 0. The van der Waals surface area contributed by atoms with E-state index in [0.29, 0.717) is 6.54 Å². The average Bonchev–Trinajstić information content (AvgIpc) is 2.52. The van der Waals surface area contributed by atoms with E-state index in [1.165, 1.54) is 4.68 Å². The first-order valence-electron chi connectivity index (χ1n) is 7.16. The van der Waals surface area contributed by atoms with Crippen LogP contribution in [0.2, 0.25) is 0 Å². The number of halogens is 2. The van der Waals surface area contributed by atoms with Crippen molar-refractivity contribution in [3.63, 3.8) is 0 Å². The van der Waals surface area contributed by atoms with Gasteiger partial charge in [0.1, 0.15) is 0 Å². The lowest BCUT2D eigenvalue weighted by atomic mass is 10.1. The molecule has 23 heavy (non-hydrogen) atoms. The number of aryl methyl sites for hydroxylation is 1. The molecule has 6 nitrogen and oxygen atoms in total. The number of piperazine rings is 1. The van der Waals surface area contributed by atoms with Gasteiger partial charge in [-0.25, -0.2) is 4.68 Å². The number of anilines is 1. The topological polar surface area (TPSA) is 63.1 Å². The summed E-state index contributed by atoms with van der Waals surface area (Å²) in [5, 5.41) is 7.61. The van der Waals surface area contributed by atoms with Crippen molar-refractivity contribution >= 4 is 30.5 Å². The van der Waals surface area contributed by atoms with Crippen LogP contribution in [0.1, 0.15) is 11.1 Å². The fourth-order valence-electron chi connectivity index (χ4n) is 2.48. The molecule has 2 aromatic heterocycles. The van der Waals surface area contributed by atoms with Crippen LogP contribution in [-0.4, -0.2) is 40.9 Å². The van der Waals surface area contributed by atoms with Crippen molar-refractivity contribution in [2.45, 2.75) is 13.5 Å². The van der Waals surface area contributed by atoms with Crippen molar-refractivity contribution in [2.24, 2.45) is 0 Å². The number of rotatable bonds is 3. The summed E-state index contributed by atoms with van der Waals surface area (Å²) in [6.45, 7) is 6.18. The second-order valence-corrected chi connectivity index (χ2v) is 5.25. The van der Waals surface area contributed by atoms with Crippen LogP contribution in [0.4, 0.5) is 5.69 Å². The highest BCUT2D eigenvalue weighted by Gasteiger charge is 2.12. The summed E-state index contributed by atoms with van der Waals surface area (Å²) in [4.78, 5) is 18.5. The molecule has 1 N–H and O–H groups in total. The standard InChI is InChI=1S/C15H19N5O.2ClH/c1-12-9-17-3-2-13(12)11-20-15(21)8-14(10-18-20)19-6-4-16-5-7-19;;/h2-3,8-10,16H,4-7,11H2,1H3;2*1H. The molecule has 126 valence electrons. The van der Waals surface area contributed by atoms with Crippen molar-refractivity contribution in [3.8, 4) is 0 Å². The molecular weight excluding hydrogens is 337 g/mol. The molecule has 1 aliphatic heterocycles. The lowest BCUT2D eigenvalue weighted by molar-refractivity contribution is 0.581. The molecule has 0 atom stereocenters. The van der Waals surface area contributed by atoms with E-state index in [2.05, 4.69) is 20.3 Å². The van der Waals surface area contributed by atoms with E-state index in [0.717, 1.165) is 43.0 Å². The van der Waals surface area contributed by atoms with Gasteiger partial charge < -0.3 is 10.2 Å². The normalized spacial score (nSPS) is 13.9. The quantitative estimate of drug-likeness (QED) is 0.895. The predicted molar refractivity (Wildman–Crippen MR) is 96.2 cm³/mol. The summed E-state index contributed by atoms with van der Waals surface area (Å²) in [5.41, 5.74) is 2.97. The Morgan fingerprint density at radius 1 is 1.22 bits per heavy atom. The highest BCUT2D eigenvalue weighted by molar-refractivity contribution is 5.85. The van der Waals surface area contributed by atoms with E-state index in [4.69, 9.17) is 0 Å². The molecule has 0 radical (unpaired) electrons. The first-order chi connectivity index (χ1) is 10.2. The molecule has 3 heterocycles. The van der Waals surface area contributed by atoms with Crippen LogP contribution in [0, 0.1) is 6.92 Å². The second kappa shape index (κ2) is 8.86. The Balaban J connectivity index is 0.00000132. The zero-order chi connectivity index (χ0) is 14.7. The zero-order valence-electron chi connectivity index (χ0n) is 12.9. The van der Waals surface area contributed by atoms with Gasteiger partial charge in [0, 0.05) is 44.6 Å². The third kappa shape index (κ3) is 4.67. The van der Waals surface area contributed by atoms with Crippen molar-refractivity contribution in [2.75, 3.05) is 31.1 Å². The average molecular weight is 358 g/mol. The van der Waals surface area contributed by atoms with Gasteiger partial charge in [-0.2, -0.15) is 5.10 Å². The van der Waals surface area contributed by atoms with Crippen LogP contribution in [0.25, 0.3) is 0 Å². The van der Waals surface area contributed by atoms with E-state index in [-0.39, 0.29) is 30.4 Å². The van der Waals surface area contributed by atoms with Gasteiger partial charge >= 0.3 is 0 Å². The summed E-state index contributed by atoms with van der Waals surface area (Å²) < 4.78 is 1.49. The second-order valence-electron chi connectivity index (χ2n) is 5.25. The molecular formula is C15H21Cl2N5O. The van der Waals surface area contributed by atoms with Crippen LogP contribution >= 0.6 is 24.8 Å². The van der Waals surface area contributed by atoms with E-state index in [9.17, 15) is 4.79 Å². The fraction of sp³-hybridized carbons (Fsp3) is 0.400. The van der Waals surface area contributed by atoms with Gasteiger partial charge in [0.05, 0.1) is 18.4 Å². The highest BCUT2D eigenvalue weighted by atomic mass is 35.5. The fourth-order valence-corrected chi connectivity index (χ4v) is 2.48. The van der Waals surface area contributed by atoms with Gasteiger partial charge in [0.2, 0.25) is 0 Å². The van der Waals surface area contributed by atoms with Crippen LogP contribution in [0.15, 0.2) is 35.5 Å². The molecule has 0 aromatic carbocycles. The van der Waals surface area contributed by atoms with Crippen molar-refractivity contribution in [1.82, 2.24) is 20.1 Å². The molecule has 0 amide bonds. The maximum atomic E-state index is 12.2. The Bertz CT molecular complexity index is 686. The third-order valence-electron chi connectivity index (χ3n) is 3.79. The van der Waals surface area contributed by atoms with Gasteiger partial charge in [-0.3, -0.25) is 9.78 Å². The number of aromatic nitrogens is 3. The lowest BCUT2D eigenvalue weighted by Gasteiger charge is -2.28. The Hall–Kier alpha value is -1.63. The maximum absolute atomic E-state index is 12.2. The van der Waals surface area contributed by atoms with Crippen LogP contribution in [0.5, 0.6) is 0 Å². The van der Waals surface area contributed by atoms with Crippen molar-refractivity contribution in [1.29, 1.82) is 0 Å². The Morgan fingerprint density at radius 2 is 1.96 bits per heavy atom. The monoisotopic (exact) mass is 357 g/mol. The Morgan fingerprint density at radius 3 is 2.61 bits per heavy atom. The molecule has 8 heteroatoms. The molecule has 0 bridgehead atoms. The minimum atomic E-state index is -0.0674. The summed E-state index contributed by atoms with van der Waals surface area (Å²) in [5.74, 6) is 0. The molecule has 1 aliphatic rings. The van der Waals surface area contributed by atoms with Crippen molar-refractivity contribution < 1.29 is 0 Å². The van der Waals surface area contributed by atoms with E-state index >= 15 is 0 Å². The van der Waals surface area contributed by atoms with Gasteiger partial charge in [0.25, 0.3) is 5.56 Å². The number of pyridine rings is 1. The summed E-state index contributed by atoms with van der Waals surface area (Å²) in [6.07, 6.45) is 5.32.